The maximum atomic E-state index is 13.6. The number of hydrogen-bond donors (Lipinski definition) is 2. The highest BCUT2D eigenvalue weighted by Gasteiger charge is 2.20. The van der Waals surface area contributed by atoms with Gasteiger partial charge in [0.05, 0.1) is 10.5 Å². The Labute approximate surface area is 180 Å². The van der Waals surface area contributed by atoms with Gasteiger partial charge in [-0.2, -0.15) is 0 Å². The second kappa shape index (κ2) is 8.49. The molecule has 3 aromatic carbocycles. The van der Waals surface area contributed by atoms with Crippen LogP contribution in [-0.4, -0.2) is 14.3 Å². The lowest BCUT2D eigenvalue weighted by molar-refractivity contribution is 0.102. The number of sulfonamides is 1. The molecule has 3 N–H and O–H groups in total. The molecule has 0 heterocycles. The van der Waals surface area contributed by atoms with E-state index in [0.29, 0.717) is 0 Å². The van der Waals surface area contributed by atoms with Crippen LogP contribution in [0.4, 0.5) is 10.1 Å². The van der Waals surface area contributed by atoms with Gasteiger partial charge in [0.2, 0.25) is 10.0 Å². The van der Waals surface area contributed by atoms with E-state index in [1.165, 1.54) is 36.4 Å². The predicted molar refractivity (Wildman–Crippen MR) is 117 cm³/mol. The van der Waals surface area contributed by atoms with Gasteiger partial charge in [-0.15, -0.1) is 0 Å². The second-order valence-corrected chi connectivity index (χ2v) is 9.61. The smallest absolute Gasteiger partial charge is 0.259 e. The molecule has 0 fully saturated rings. The van der Waals surface area contributed by atoms with Gasteiger partial charge >= 0.3 is 0 Å². The van der Waals surface area contributed by atoms with Crippen molar-refractivity contribution in [2.24, 2.45) is 5.14 Å². The zero-order chi connectivity index (χ0) is 22.8. The van der Waals surface area contributed by atoms with Gasteiger partial charge in [0.15, 0.2) is 0 Å². The molecule has 0 radical (unpaired) electrons. The molecule has 1 amide bonds. The Morgan fingerprint density at radius 3 is 2.35 bits per heavy atom. The van der Waals surface area contributed by atoms with Crippen molar-refractivity contribution in [2.45, 2.75) is 31.1 Å². The van der Waals surface area contributed by atoms with E-state index in [4.69, 9.17) is 9.88 Å². The Balaban J connectivity index is 1.98. The molecule has 0 spiro atoms. The molecule has 6 nitrogen and oxygen atoms in total. The Hall–Kier alpha value is -3.23. The van der Waals surface area contributed by atoms with E-state index in [1.807, 2.05) is 26.8 Å². The molecule has 0 saturated carbocycles. The number of anilines is 1. The summed E-state index contributed by atoms with van der Waals surface area (Å²) < 4.78 is 42.6. The van der Waals surface area contributed by atoms with Gasteiger partial charge in [-0.3, -0.25) is 4.79 Å². The van der Waals surface area contributed by atoms with E-state index in [2.05, 4.69) is 5.32 Å². The third-order valence-electron chi connectivity index (χ3n) is 4.54. The van der Waals surface area contributed by atoms with Crippen LogP contribution in [0.3, 0.4) is 0 Å². The summed E-state index contributed by atoms with van der Waals surface area (Å²) in [5.41, 5.74) is 1.18. The standard InChI is InChI=1S/C23H23FN2O4S/c1-23(2,3)15-10-11-20(21(12-15)30-18-8-4-6-16(24)13-18)22(27)26-17-7-5-9-19(14-17)31(25,28)29/h4-14H,1-3H3,(H,26,27)(H2,25,28,29). The van der Waals surface area contributed by atoms with Crippen LogP contribution in [0, 0.1) is 5.82 Å². The van der Waals surface area contributed by atoms with Crippen molar-refractivity contribution < 1.29 is 22.3 Å². The van der Waals surface area contributed by atoms with Crippen molar-refractivity contribution in [1.29, 1.82) is 0 Å². The van der Waals surface area contributed by atoms with Crippen LogP contribution in [0.2, 0.25) is 0 Å². The molecule has 0 aliphatic carbocycles. The number of ether oxygens (including phenoxy) is 1. The zero-order valence-corrected chi connectivity index (χ0v) is 18.2. The first-order chi connectivity index (χ1) is 14.4. The number of amides is 1. The molecule has 8 heteroatoms. The molecule has 0 aliphatic rings. The van der Waals surface area contributed by atoms with Gasteiger partial charge in [0.1, 0.15) is 17.3 Å². The topological polar surface area (TPSA) is 98.5 Å². The molecule has 0 aromatic heterocycles. The zero-order valence-electron chi connectivity index (χ0n) is 17.3. The molecule has 0 bridgehead atoms. The Bertz CT molecular complexity index is 1230. The van der Waals surface area contributed by atoms with Crippen molar-refractivity contribution in [2.75, 3.05) is 5.32 Å². The molecule has 3 rings (SSSR count). The summed E-state index contributed by atoms with van der Waals surface area (Å²) >= 11 is 0. The molecular formula is C23H23FN2O4S. The van der Waals surface area contributed by atoms with Gasteiger partial charge < -0.3 is 10.1 Å². The summed E-state index contributed by atoms with van der Waals surface area (Å²) in [5, 5.41) is 7.81. The van der Waals surface area contributed by atoms with Gasteiger partial charge in [-0.25, -0.2) is 17.9 Å². The number of nitrogens with two attached hydrogens (primary N) is 1. The molecule has 3 aromatic rings. The quantitative estimate of drug-likeness (QED) is 0.592. The first-order valence-corrected chi connectivity index (χ1v) is 11.0. The minimum absolute atomic E-state index is 0.121. The van der Waals surface area contributed by atoms with E-state index in [0.717, 1.165) is 5.56 Å². The van der Waals surface area contributed by atoms with E-state index in [9.17, 15) is 17.6 Å². The second-order valence-electron chi connectivity index (χ2n) is 8.05. The summed E-state index contributed by atoms with van der Waals surface area (Å²) in [5.74, 6) is -0.483. The number of nitrogens with one attached hydrogen (secondary N) is 1. The van der Waals surface area contributed by atoms with Crippen LogP contribution >= 0.6 is 0 Å². The van der Waals surface area contributed by atoms with Crippen LogP contribution in [0.5, 0.6) is 11.5 Å². The number of rotatable bonds is 5. The maximum Gasteiger partial charge on any atom is 0.259 e. The Kier molecular flexibility index (Phi) is 6.15. The highest BCUT2D eigenvalue weighted by atomic mass is 32.2. The number of halogens is 1. The van der Waals surface area contributed by atoms with E-state index < -0.39 is 21.7 Å². The molecule has 31 heavy (non-hydrogen) atoms. The van der Waals surface area contributed by atoms with Crippen molar-refractivity contribution in [3.8, 4) is 11.5 Å². The molecule has 0 atom stereocenters. The number of carbonyl (C=O) groups excluding carboxylic acids is 1. The summed E-state index contributed by atoms with van der Waals surface area (Å²) in [6.45, 7) is 6.06. The van der Waals surface area contributed by atoms with Gasteiger partial charge in [0, 0.05) is 11.8 Å². The molecular weight excluding hydrogens is 419 g/mol. The number of primary sulfonamides is 1. The van der Waals surface area contributed by atoms with Crippen molar-refractivity contribution in [3.63, 3.8) is 0 Å². The highest BCUT2D eigenvalue weighted by molar-refractivity contribution is 7.89. The fourth-order valence-electron chi connectivity index (χ4n) is 2.87. The van der Waals surface area contributed by atoms with Crippen LogP contribution in [0.1, 0.15) is 36.7 Å². The van der Waals surface area contributed by atoms with Crippen molar-refractivity contribution in [3.05, 3.63) is 83.7 Å². The monoisotopic (exact) mass is 442 g/mol. The first kappa shape index (κ1) is 22.5. The van der Waals surface area contributed by atoms with E-state index in [1.54, 1.807) is 24.3 Å². The average Bonchev–Trinajstić information content (AvgIpc) is 2.67. The third kappa shape index (κ3) is 5.68. The minimum Gasteiger partial charge on any atom is -0.456 e. The summed E-state index contributed by atoms with van der Waals surface area (Å²) in [4.78, 5) is 12.8. The van der Waals surface area contributed by atoms with E-state index >= 15 is 0 Å². The molecule has 162 valence electrons. The summed E-state index contributed by atoms with van der Waals surface area (Å²) in [6, 6.07) is 16.4. The fourth-order valence-corrected chi connectivity index (χ4v) is 3.43. The summed E-state index contributed by atoms with van der Waals surface area (Å²) in [6.07, 6.45) is 0. The lowest BCUT2D eigenvalue weighted by Gasteiger charge is -2.21. The normalized spacial score (nSPS) is 11.8. The van der Waals surface area contributed by atoms with Gasteiger partial charge in [-0.1, -0.05) is 39.0 Å². The SMILES string of the molecule is CC(C)(C)c1ccc(C(=O)Nc2cccc(S(N)(=O)=O)c2)c(Oc2cccc(F)c2)c1. The number of carbonyl (C=O) groups is 1. The minimum atomic E-state index is -3.91. The van der Waals surface area contributed by atoms with Crippen LogP contribution in [0.15, 0.2) is 71.6 Å². The maximum absolute atomic E-state index is 13.6. The lowest BCUT2D eigenvalue weighted by atomic mass is 9.86. The molecule has 0 unspecified atom stereocenters. The summed E-state index contributed by atoms with van der Waals surface area (Å²) in [7, 11) is -3.91. The van der Waals surface area contributed by atoms with Crippen molar-refractivity contribution >= 4 is 21.6 Å². The number of hydrogen-bond acceptors (Lipinski definition) is 4. The first-order valence-electron chi connectivity index (χ1n) is 9.46. The van der Waals surface area contributed by atoms with Crippen LogP contribution in [0.25, 0.3) is 0 Å². The molecule has 0 aliphatic heterocycles. The number of benzene rings is 3. The Morgan fingerprint density at radius 2 is 1.71 bits per heavy atom. The predicted octanol–water partition coefficient (Wildman–Crippen LogP) is 4.82. The fraction of sp³-hybridized carbons (Fsp3) is 0.174. The van der Waals surface area contributed by atoms with Crippen molar-refractivity contribution in [1.82, 2.24) is 0 Å². The van der Waals surface area contributed by atoms with E-state index in [-0.39, 0.29) is 33.1 Å². The van der Waals surface area contributed by atoms with Gasteiger partial charge in [0.25, 0.3) is 5.91 Å². The highest BCUT2D eigenvalue weighted by Crippen LogP contribution is 2.32. The average molecular weight is 443 g/mol. The largest absolute Gasteiger partial charge is 0.456 e. The molecule has 0 saturated heterocycles. The Morgan fingerprint density at radius 1 is 1.00 bits per heavy atom. The van der Waals surface area contributed by atoms with Crippen LogP contribution < -0.4 is 15.2 Å². The van der Waals surface area contributed by atoms with Crippen LogP contribution in [-0.2, 0) is 15.4 Å². The third-order valence-corrected chi connectivity index (χ3v) is 5.45. The lowest BCUT2D eigenvalue weighted by Crippen LogP contribution is -2.16. The van der Waals surface area contributed by atoms with Gasteiger partial charge in [-0.05, 0) is 53.4 Å².